The number of aromatic nitrogens is 3. The number of hydrogen-bond donors (Lipinski definition) is 1. The minimum Gasteiger partial charge on any atom is -0.463 e. The third kappa shape index (κ3) is 8.93. The van der Waals surface area contributed by atoms with Gasteiger partial charge in [-0.1, -0.05) is 22.6 Å². The number of anilines is 1. The highest BCUT2D eigenvalue weighted by atomic mass is 127. The number of rotatable bonds is 11. The van der Waals surface area contributed by atoms with Crippen molar-refractivity contribution in [2.45, 2.75) is 0 Å². The molecule has 0 radical (unpaired) electrons. The van der Waals surface area contributed by atoms with Crippen LogP contribution in [0.5, 0.6) is 0 Å². The van der Waals surface area contributed by atoms with Crippen molar-refractivity contribution < 1.29 is 19.0 Å². The fraction of sp³-hybridized carbons (Fsp3) is 0.636. The predicted octanol–water partition coefficient (Wildman–Crippen LogP) is 0.295. The first-order valence-electron chi connectivity index (χ1n) is 6.06. The summed E-state index contributed by atoms with van der Waals surface area (Å²) in [6, 6.07) is 0. The van der Waals surface area contributed by atoms with E-state index in [1.54, 1.807) is 0 Å². The summed E-state index contributed by atoms with van der Waals surface area (Å²) in [5.74, 6) is 0.298. The number of nitrogens with one attached hydrogen (secondary N) is 1. The molecule has 0 aliphatic carbocycles. The number of ether oxygens (including phenoxy) is 3. The van der Waals surface area contributed by atoms with Crippen LogP contribution in [-0.4, -0.2) is 64.9 Å². The van der Waals surface area contributed by atoms with Gasteiger partial charge in [-0.25, -0.2) is 15.0 Å². The van der Waals surface area contributed by atoms with Gasteiger partial charge in [0.25, 0.3) is 0 Å². The third-order valence-electron chi connectivity index (χ3n) is 1.99. The van der Waals surface area contributed by atoms with Crippen LogP contribution in [0.25, 0.3) is 0 Å². The molecule has 1 N–H and O–H groups in total. The molecule has 1 aromatic heterocycles. The molecule has 1 heterocycles. The van der Waals surface area contributed by atoms with Crippen LogP contribution in [0, 0.1) is 0 Å². The Kier molecular flexibility index (Phi) is 9.96. The molecular formula is C11H17IN4O4. The van der Waals surface area contributed by atoms with Crippen LogP contribution in [0.2, 0.25) is 0 Å². The Morgan fingerprint density at radius 1 is 1.10 bits per heavy atom. The fourth-order valence-corrected chi connectivity index (χ4v) is 1.36. The molecule has 112 valence electrons. The van der Waals surface area contributed by atoms with Crippen LogP contribution in [-0.2, 0) is 19.0 Å². The lowest BCUT2D eigenvalue weighted by atomic mass is 10.6. The molecule has 1 rings (SSSR count). The molecule has 0 atom stereocenters. The van der Waals surface area contributed by atoms with E-state index in [9.17, 15) is 4.79 Å². The zero-order valence-corrected chi connectivity index (χ0v) is 13.1. The van der Waals surface area contributed by atoms with Gasteiger partial charge in [0.05, 0.1) is 30.9 Å². The van der Waals surface area contributed by atoms with Crippen LogP contribution < -0.4 is 5.32 Å². The van der Waals surface area contributed by atoms with E-state index in [2.05, 4.69) is 20.3 Å². The van der Waals surface area contributed by atoms with Gasteiger partial charge in [-0.3, -0.25) is 4.79 Å². The van der Waals surface area contributed by atoms with Crippen molar-refractivity contribution in [2.75, 3.05) is 49.3 Å². The highest BCUT2D eigenvalue weighted by Crippen LogP contribution is 1.90. The van der Waals surface area contributed by atoms with Crippen LogP contribution >= 0.6 is 22.6 Å². The van der Waals surface area contributed by atoms with E-state index in [-0.39, 0.29) is 12.6 Å². The second-order valence-corrected chi connectivity index (χ2v) is 4.23. The second kappa shape index (κ2) is 11.7. The maximum atomic E-state index is 10.8. The van der Waals surface area contributed by atoms with E-state index in [1.165, 1.54) is 12.7 Å². The highest BCUT2D eigenvalue weighted by molar-refractivity contribution is 14.1. The first kappa shape index (κ1) is 17.0. The molecule has 0 aliphatic heterocycles. The van der Waals surface area contributed by atoms with Gasteiger partial charge in [0.2, 0.25) is 5.95 Å². The number of carbonyl (C=O) groups is 1. The van der Waals surface area contributed by atoms with Crippen molar-refractivity contribution in [2.24, 2.45) is 0 Å². The summed E-state index contributed by atoms with van der Waals surface area (Å²) < 4.78 is 15.8. The first-order chi connectivity index (χ1) is 9.83. The second-order valence-electron chi connectivity index (χ2n) is 3.47. The summed E-state index contributed by atoms with van der Waals surface area (Å²) >= 11 is 1.95. The number of alkyl halides is 1. The summed E-state index contributed by atoms with van der Waals surface area (Å²) in [4.78, 5) is 22.3. The molecule has 0 fully saturated rings. The average Bonchev–Trinajstić information content (AvgIpc) is 2.50. The summed E-state index contributed by atoms with van der Waals surface area (Å²) in [5.41, 5.74) is 0. The van der Waals surface area contributed by atoms with Gasteiger partial charge < -0.3 is 19.5 Å². The fourth-order valence-electron chi connectivity index (χ4n) is 1.14. The van der Waals surface area contributed by atoms with E-state index >= 15 is 0 Å². The first-order valence-corrected chi connectivity index (χ1v) is 7.58. The Morgan fingerprint density at radius 2 is 1.75 bits per heavy atom. The van der Waals surface area contributed by atoms with Gasteiger partial charge in [-0.2, -0.15) is 0 Å². The van der Waals surface area contributed by atoms with Crippen LogP contribution in [0.15, 0.2) is 12.7 Å². The molecule has 0 unspecified atom stereocenters. The molecule has 0 saturated carbocycles. The van der Waals surface area contributed by atoms with Crippen LogP contribution in [0.1, 0.15) is 0 Å². The molecule has 20 heavy (non-hydrogen) atoms. The smallest absolute Gasteiger partial charge is 0.315 e. The number of hydrogen-bond acceptors (Lipinski definition) is 8. The molecule has 9 heteroatoms. The standard InChI is InChI=1S/C11H17IN4O4/c12-7-10(17)20-6-5-19-4-3-18-2-1-14-11-15-8-13-9-16-11/h8-9H,1-7H2,(H,13,14,15,16). The average molecular weight is 396 g/mol. The highest BCUT2D eigenvalue weighted by Gasteiger charge is 1.98. The zero-order chi connectivity index (χ0) is 14.5. The quantitative estimate of drug-likeness (QED) is 0.247. The van der Waals surface area contributed by atoms with Gasteiger partial charge in [-0.15, -0.1) is 0 Å². The lowest BCUT2D eigenvalue weighted by molar-refractivity contribution is -0.141. The Morgan fingerprint density at radius 3 is 2.45 bits per heavy atom. The van der Waals surface area contributed by atoms with E-state index in [0.717, 1.165) is 0 Å². The van der Waals surface area contributed by atoms with Gasteiger partial charge in [0.15, 0.2) is 0 Å². The van der Waals surface area contributed by atoms with Crippen molar-refractivity contribution >= 4 is 34.5 Å². The SMILES string of the molecule is O=C(CI)OCCOCCOCCNc1ncncn1. The minimum absolute atomic E-state index is 0.227. The topological polar surface area (TPSA) is 95.5 Å². The largest absolute Gasteiger partial charge is 0.463 e. The monoisotopic (exact) mass is 396 g/mol. The molecule has 0 saturated heterocycles. The third-order valence-corrected chi connectivity index (χ3v) is 2.62. The van der Waals surface area contributed by atoms with Gasteiger partial charge in [0, 0.05) is 6.54 Å². The van der Waals surface area contributed by atoms with E-state index in [0.29, 0.717) is 43.3 Å². The van der Waals surface area contributed by atoms with Gasteiger partial charge in [-0.05, 0) is 0 Å². The van der Waals surface area contributed by atoms with Gasteiger partial charge >= 0.3 is 5.97 Å². The number of nitrogens with zero attached hydrogens (tertiary/aromatic N) is 3. The van der Waals surface area contributed by atoms with Gasteiger partial charge in [0.1, 0.15) is 19.3 Å². The van der Waals surface area contributed by atoms with E-state index in [4.69, 9.17) is 14.2 Å². The summed E-state index contributed by atoms with van der Waals surface area (Å²) in [6.07, 6.45) is 2.85. The Labute approximate surface area is 130 Å². The molecule has 8 nitrogen and oxygen atoms in total. The Bertz CT molecular complexity index is 369. The van der Waals surface area contributed by atoms with E-state index in [1.807, 2.05) is 22.6 Å². The van der Waals surface area contributed by atoms with Crippen molar-refractivity contribution in [3.05, 3.63) is 12.7 Å². The molecule has 0 spiro atoms. The van der Waals surface area contributed by atoms with Crippen molar-refractivity contribution in [3.63, 3.8) is 0 Å². The molecular weight excluding hydrogens is 379 g/mol. The number of halogens is 1. The number of carbonyl (C=O) groups excluding carboxylic acids is 1. The molecule has 0 amide bonds. The predicted molar refractivity (Wildman–Crippen MR) is 79.8 cm³/mol. The van der Waals surface area contributed by atoms with Crippen molar-refractivity contribution in [1.29, 1.82) is 0 Å². The molecule has 0 aromatic carbocycles. The Balaban J connectivity index is 1.82. The lowest BCUT2D eigenvalue weighted by Crippen LogP contribution is -2.15. The molecule has 0 bridgehead atoms. The summed E-state index contributed by atoms with van der Waals surface area (Å²) in [5, 5.41) is 2.99. The Hall–Kier alpha value is -1.07. The van der Waals surface area contributed by atoms with Crippen LogP contribution in [0.4, 0.5) is 5.95 Å². The summed E-state index contributed by atoms with van der Waals surface area (Å²) in [7, 11) is 0. The maximum absolute atomic E-state index is 10.8. The minimum atomic E-state index is -0.227. The lowest BCUT2D eigenvalue weighted by Gasteiger charge is -2.07. The zero-order valence-electron chi connectivity index (χ0n) is 11.0. The number of esters is 1. The van der Waals surface area contributed by atoms with Crippen molar-refractivity contribution in [1.82, 2.24) is 15.0 Å². The summed E-state index contributed by atoms with van der Waals surface area (Å²) in [6.45, 7) is 2.75. The van der Waals surface area contributed by atoms with Crippen molar-refractivity contribution in [3.8, 4) is 0 Å². The molecule has 0 aliphatic rings. The molecule has 1 aromatic rings. The maximum Gasteiger partial charge on any atom is 0.315 e. The van der Waals surface area contributed by atoms with E-state index < -0.39 is 0 Å². The van der Waals surface area contributed by atoms with Crippen LogP contribution in [0.3, 0.4) is 0 Å². The normalized spacial score (nSPS) is 10.2.